The molecule has 0 spiro atoms. The number of nitrogens with one attached hydrogen (secondary N) is 1. The lowest BCUT2D eigenvalue weighted by Crippen LogP contribution is -2.43. The lowest BCUT2D eigenvalue weighted by Gasteiger charge is -2.32. The predicted molar refractivity (Wildman–Crippen MR) is 88.6 cm³/mol. The number of hydrogen-bond donors (Lipinski definition) is 1. The van der Waals surface area contributed by atoms with Gasteiger partial charge < -0.3 is 10.1 Å². The zero-order valence-corrected chi connectivity index (χ0v) is 13.1. The first kappa shape index (κ1) is 14.8. The first-order valence-corrected chi connectivity index (χ1v) is 8.07. The van der Waals surface area contributed by atoms with E-state index < -0.39 is 0 Å². The van der Waals surface area contributed by atoms with Crippen LogP contribution in [0.25, 0.3) is 5.65 Å². The van der Waals surface area contributed by atoms with Gasteiger partial charge in [0.1, 0.15) is 17.4 Å². The molecular formula is C18H18N4O2. The van der Waals surface area contributed by atoms with Crippen LogP contribution in [-0.2, 0) is 4.74 Å². The Kier molecular flexibility index (Phi) is 3.96. The van der Waals surface area contributed by atoms with Crippen LogP contribution < -0.4 is 5.32 Å². The first-order chi connectivity index (χ1) is 11.8. The van der Waals surface area contributed by atoms with Gasteiger partial charge in [-0.15, -0.1) is 0 Å². The van der Waals surface area contributed by atoms with Crippen LogP contribution in [0.2, 0.25) is 0 Å². The number of fused-ring (bicyclic) bond motifs is 1. The molecule has 3 aromatic rings. The number of nitrogens with zero attached hydrogens (tertiary/aromatic N) is 3. The first-order valence-electron chi connectivity index (χ1n) is 8.07. The molecule has 0 aromatic carbocycles. The van der Waals surface area contributed by atoms with Crippen LogP contribution in [0.15, 0.2) is 55.1 Å². The second-order valence-electron chi connectivity index (χ2n) is 5.86. The van der Waals surface area contributed by atoms with E-state index in [0.29, 0.717) is 12.3 Å². The largest absolute Gasteiger partial charge is 0.371 e. The molecule has 4 rings (SSSR count). The van der Waals surface area contributed by atoms with Crippen LogP contribution in [0, 0.1) is 0 Å². The number of hydrogen-bond acceptors (Lipinski definition) is 4. The third kappa shape index (κ3) is 2.76. The van der Waals surface area contributed by atoms with E-state index in [-0.39, 0.29) is 18.1 Å². The van der Waals surface area contributed by atoms with Gasteiger partial charge >= 0.3 is 0 Å². The highest BCUT2D eigenvalue weighted by molar-refractivity contribution is 5.93. The fourth-order valence-electron chi connectivity index (χ4n) is 3.19. The molecule has 1 saturated heterocycles. The van der Waals surface area contributed by atoms with E-state index in [9.17, 15) is 4.79 Å². The van der Waals surface area contributed by atoms with Crippen molar-refractivity contribution in [1.29, 1.82) is 0 Å². The maximum absolute atomic E-state index is 12.8. The molecule has 1 aliphatic rings. The maximum atomic E-state index is 12.8. The van der Waals surface area contributed by atoms with Gasteiger partial charge in [-0.3, -0.25) is 14.2 Å². The molecule has 0 bridgehead atoms. The van der Waals surface area contributed by atoms with Crippen LogP contribution in [0.1, 0.15) is 35.0 Å². The highest BCUT2D eigenvalue weighted by Crippen LogP contribution is 2.28. The van der Waals surface area contributed by atoms with E-state index in [1.165, 1.54) is 0 Å². The van der Waals surface area contributed by atoms with Crippen molar-refractivity contribution in [2.45, 2.75) is 25.0 Å². The molecule has 0 radical (unpaired) electrons. The van der Waals surface area contributed by atoms with Crippen LogP contribution >= 0.6 is 0 Å². The van der Waals surface area contributed by atoms with E-state index in [4.69, 9.17) is 4.74 Å². The smallest absolute Gasteiger partial charge is 0.268 e. The van der Waals surface area contributed by atoms with Crippen molar-refractivity contribution in [2.24, 2.45) is 0 Å². The van der Waals surface area contributed by atoms with Crippen molar-refractivity contribution in [1.82, 2.24) is 19.7 Å². The molecule has 1 fully saturated rings. The van der Waals surface area contributed by atoms with Crippen LogP contribution in [0.4, 0.5) is 0 Å². The third-order valence-corrected chi connectivity index (χ3v) is 4.33. The minimum Gasteiger partial charge on any atom is -0.371 e. The summed E-state index contributed by atoms with van der Waals surface area (Å²) in [6.07, 6.45) is 8.65. The molecular weight excluding hydrogens is 304 g/mol. The summed E-state index contributed by atoms with van der Waals surface area (Å²) in [4.78, 5) is 21.0. The number of amides is 1. The molecule has 3 aromatic heterocycles. The highest BCUT2D eigenvalue weighted by Gasteiger charge is 2.29. The number of carbonyl (C=O) groups excluding carboxylic acids is 1. The number of imidazole rings is 1. The second kappa shape index (κ2) is 6.41. The standard InChI is InChI=1S/C18H18N4O2/c23-18(15-4-1-5-16-20-10-11-22(15)16)21-14-3-2-12-24-17(14)13-6-8-19-9-7-13/h1,4-11,14,17H,2-3,12H2,(H,21,23)/t14-,17+/m0/s1. The Labute approximate surface area is 139 Å². The average Bonchev–Trinajstić information content (AvgIpc) is 3.11. The maximum Gasteiger partial charge on any atom is 0.268 e. The SMILES string of the molecule is O=C(N[C@H]1CCCO[C@@H]1c1ccncc1)c1cccc2nccn12. The molecule has 0 aliphatic carbocycles. The summed E-state index contributed by atoms with van der Waals surface area (Å²) in [7, 11) is 0. The quantitative estimate of drug-likeness (QED) is 0.804. The Morgan fingerprint density at radius 1 is 1.21 bits per heavy atom. The van der Waals surface area contributed by atoms with Crippen LogP contribution in [0.5, 0.6) is 0 Å². The molecule has 24 heavy (non-hydrogen) atoms. The Morgan fingerprint density at radius 2 is 2.08 bits per heavy atom. The molecule has 1 N–H and O–H groups in total. The topological polar surface area (TPSA) is 68.5 Å². The Morgan fingerprint density at radius 3 is 2.96 bits per heavy atom. The van der Waals surface area contributed by atoms with Gasteiger partial charge in [-0.1, -0.05) is 6.07 Å². The lowest BCUT2D eigenvalue weighted by molar-refractivity contribution is -0.00956. The summed E-state index contributed by atoms with van der Waals surface area (Å²) in [5, 5.41) is 3.13. The number of ether oxygens (including phenoxy) is 1. The Balaban J connectivity index is 1.58. The molecule has 6 nitrogen and oxygen atoms in total. The summed E-state index contributed by atoms with van der Waals surface area (Å²) in [5.74, 6) is -0.117. The van der Waals surface area contributed by atoms with Gasteiger partial charge in [0, 0.05) is 31.4 Å². The van der Waals surface area contributed by atoms with Crippen LogP contribution in [0.3, 0.4) is 0 Å². The van der Waals surface area contributed by atoms with Gasteiger partial charge in [0.25, 0.3) is 5.91 Å². The van der Waals surface area contributed by atoms with Gasteiger partial charge in [-0.25, -0.2) is 4.98 Å². The molecule has 1 aliphatic heterocycles. The van der Waals surface area contributed by atoms with Gasteiger partial charge in [-0.05, 0) is 42.7 Å². The molecule has 6 heteroatoms. The molecule has 0 unspecified atom stereocenters. The van der Waals surface area contributed by atoms with Gasteiger partial charge in [0.15, 0.2) is 0 Å². The molecule has 122 valence electrons. The fourth-order valence-corrected chi connectivity index (χ4v) is 3.19. The minimum absolute atomic E-state index is 0.0626. The lowest BCUT2D eigenvalue weighted by atomic mass is 9.96. The summed E-state index contributed by atoms with van der Waals surface area (Å²) < 4.78 is 7.72. The highest BCUT2D eigenvalue weighted by atomic mass is 16.5. The van der Waals surface area contributed by atoms with Gasteiger partial charge in [0.05, 0.1) is 6.04 Å². The summed E-state index contributed by atoms with van der Waals surface area (Å²) in [6.45, 7) is 0.705. The average molecular weight is 322 g/mol. The van der Waals surface area contributed by atoms with E-state index in [1.54, 1.807) is 35.3 Å². The van der Waals surface area contributed by atoms with Crippen molar-refractivity contribution >= 4 is 11.6 Å². The normalized spacial score (nSPS) is 20.8. The van der Waals surface area contributed by atoms with E-state index >= 15 is 0 Å². The summed E-state index contributed by atoms with van der Waals surface area (Å²) in [6, 6.07) is 9.33. The number of rotatable bonds is 3. The number of carbonyl (C=O) groups is 1. The second-order valence-corrected chi connectivity index (χ2v) is 5.86. The van der Waals surface area contributed by atoms with Crippen molar-refractivity contribution in [2.75, 3.05) is 6.61 Å². The van der Waals surface area contributed by atoms with Crippen molar-refractivity contribution in [3.8, 4) is 0 Å². The van der Waals surface area contributed by atoms with E-state index in [1.807, 2.05) is 24.3 Å². The monoisotopic (exact) mass is 322 g/mol. The van der Waals surface area contributed by atoms with Gasteiger partial charge in [0.2, 0.25) is 0 Å². The molecule has 0 saturated carbocycles. The molecule has 1 amide bonds. The van der Waals surface area contributed by atoms with Gasteiger partial charge in [-0.2, -0.15) is 0 Å². The zero-order chi connectivity index (χ0) is 16.4. The minimum atomic E-state index is -0.146. The number of aromatic nitrogens is 3. The Bertz CT molecular complexity index is 846. The van der Waals surface area contributed by atoms with E-state index in [0.717, 1.165) is 24.1 Å². The number of pyridine rings is 2. The van der Waals surface area contributed by atoms with Crippen molar-refractivity contribution in [3.63, 3.8) is 0 Å². The third-order valence-electron chi connectivity index (χ3n) is 4.33. The van der Waals surface area contributed by atoms with E-state index in [2.05, 4.69) is 15.3 Å². The summed E-state index contributed by atoms with van der Waals surface area (Å²) in [5.41, 5.74) is 2.37. The summed E-state index contributed by atoms with van der Waals surface area (Å²) >= 11 is 0. The Hall–Kier alpha value is -2.73. The van der Waals surface area contributed by atoms with Crippen molar-refractivity contribution < 1.29 is 9.53 Å². The van der Waals surface area contributed by atoms with Crippen LogP contribution in [-0.4, -0.2) is 32.9 Å². The molecule has 4 heterocycles. The molecule has 2 atom stereocenters. The zero-order valence-electron chi connectivity index (χ0n) is 13.1. The van der Waals surface area contributed by atoms with Crippen molar-refractivity contribution in [3.05, 3.63) is 66.4 Å². The fraction of sp³-hybridized carbons (Fsp3) is 0.278. The predicted octanol–water partition coefficient (Wildman–Crippen LogP) is 2.38.